The van der Waals surface area contributed by atoms with Crippen LogP contribution in [0.4, 0.5) is 0 Å². The van der Waals surface area contributed by atoms with Crippen LogP contribution >= 0.6 is 0 Å². The molecular weight excluding hydrogens is 226 g/mol. The highest BCUT2D eigenvalue weighted by atomic mass is 16.5. The van der Waals surface area contributed by atoms with Gasteiger partial charge in [0.2, 0.25) is 0 Å². The highest BCUT2D eigenvalue weighted by Crippen LogP contribution is 2.20. The van der Waals surface area contributed by atoms with E-state index in [1.54, 1.807) is 7.11 Å². The van der Waals surface area contributed by atoms with Gasteiger partial charge >= 0.3 is 0 Å². The van der Waals surface area contributed by atoms with Crippen molar-refractivity contribution in [1.82, 2.24) is 15.3 Å². The van der Waals surface area contributed by atoms with Gasteiger partial charge in [0, 0.05) is 19.2 Å². The molecule has 0 amide bonds. The summed E-state index contributed by atoms with van der Waals surface area (Å²) in [6.07, 6.45) is 1.88. The lowest BCUT2D eigenvalue weighted by Gasteiger charge is -2.02. The maximum atomic E-state index is 4.98. The topological polar surface area (TPSA) is 49.9 Å². The molecule has 0 fully saturated rings. The van der Waals surface area contributed by atoms with Gasteiger partial charge in [-0.15, -0.1) is 0 Å². The van der Waals surface area contributed by atoms with Crippen LogP contribution in [0.2, 0.25) is 0 Å². The van der Waals surface area contributed by atoms with Gasteiger partial charge in [-0.1, -0.05) is 24.3 Å². The summed E-state index contributed by atoms with van der Waals surface area (Å²) in [5, 5.41) is 3.26. The van der Waals surface area contributed by atoms with Crippen molar-refractivity contribution < 1.29 is 4.74 Å². The summed E-state index contributed by atoms with van der Waals surface area (Å²) in [7, 11) is 1.70. The third-order valence-corrected chi connectivity index (χ3v) is 2.84. The SMILES string of the molecule is COCCNCc1ncc(-c2ccccc2C)[nH]1. The molecule has 0 aliphatic heterocycles. The van der Waals surface area contributed by atoms with Crippen LogP contribution < -0.4 is 5.32 Å². The van der Waals surface area contributed by atoms with Crippen LogP contribution in [0.5, 0.6) is 0 Å². The van der Waals surface area contributed by atoms with Crippen LogP contribution in [0.1, 0.15) is 11.4 Å². The Morgan fingerprint density at radius 1 is 1.33 bits per heavy atom. The smallest absolute Gasteiger partial charge is 0.120 e. The number of aromatic nitrogens is 2. The Kier molecular flexibility index (Phi) is 4.50. The summed E-state index contributed by atoms with van der Waals surface area (Å²) in [4.78, 5) is 7.71. The van der Waals surface area contributed by atoms with E-state index in [0.717, 1.165) is 24.6 Å². The van der Waals surface area contributed by atoms with E-state index < -0.39 is 0 Å². The molecule has 0 bridgehead atoms. The summed E-state index contributed by atoms with van der Waals surface area (Å²) < 4.78 is 4.98. The fourth-order valence-electron chi connectivity index (χ4n) is 1.85. The van der Waals surface area contributed by atoms with Crippen molar-refractivity contribution in [1.29, 1.82) is 0 Å². The molecule has 0 spiro atoms. The first-order valence-electron chi connectivity index (χ1n) is 6.11. The normalized spacial score (nSPS) is 10.8. The Morgan fingerprint density at radius 2 is 2.17 bits per heavy atom. The van der Waals surface area contributed by atoms with Crippen molar-refractivity contribution in [3.8, 4) is 11.3 Å². The summed E-state index contributed by atoms with van der Waals surface area (Å²) in [6, 6.07) is 8.29. The molecule has 2 rings (SSSR count). The molecule has 0 atom stereocenters. The summed E-state index contributed by atoms with van der Waals surface area (Å²) in [5.74, 6) is 0.948. The molecule has 0 aliphatic rings. The number of methoxy groups -OCH3 is 1. The lowest BCUT2D eigenvalue weighted by molar-refractivity contribution is 0.199. The number of hydrogen-bond donors (Lipinski definition) is 2. The Morgan fingerprint density at radius 3 is 2.94 bits per heavy atom. The number of nitrogens with one attached hydrogen (secondary N) is 2. The van der Waals surface area contributed by atoms with Crippen molar-refractivity contribution in [2.75, 3.05) is 20.3 Å². The molecule has 0 saturated carbocycles. The van der Waals surface area contributed by atoms with E-state index in [1.807, 2.05) is 18.3 Å². The van der Waals surface area contributed by atoms with Gasteiger partial charge in [-0.25, -0.2) is 4.98 Å². The lowest BCUT2D eigenvalue weighted by atomic mass is 10.1. The van der Waals surface area contributed by atoms with Crippen LogP contribution in [0.25, 0.3) is 11.3 Å². The van der Waals surface area contributed by atoms with Gasteiger partial charge in [0.25, 0.3) is 0 Å². The minimum atomic E-state index is 0.714. The Hall–Kier alpha value is -1.65. The van der Waals surface area contributed by atoms with Gasteiger partial charge in [0.05, 0.1) is 25.0 Å². The van der Waals surface area contributed by atoms with E-state index in [1.165, 1.54) is 11.1 Å². The third-order valence-electron chi connectivity index (χ3n) is 2.84. The van der Waals surface area contributed by atoms with E-state index >= 15 is 0 Å². The van der Waals surface area contributed by atoms with Gasteiger partial charge < -0.3 is 15.0 Å². The van der Waals surface area contributed by atoms with Crippen LogP contribution in [0, 0.1) is 6.92 Å². The van der Waals surface area contributed by atoms with Crippen molar-refractivity contribution >= 4 is 0 Å². The van der Waals surface area contributed by atoms with Gasteiger partial charge in [-0.3, -0.25) is 0 Å². The van der Waals surface area contributed by atoms with Crippen molar-refractivity contribution in [2.45, 2.75) is 13.5 Å². The predicted octanol–water partition coefficient (Wildman–Crippen LogP) is 2.12. The second-order valence-corrected chi connectivity index (χ2v) is 4.23. The van der Waals surface area contributed by atoms with E-state index in [4.69, 9.17) is 4.74 Å². The van der Waals surface area contributed by atoms with Gasteiger partial charge in [-0.2, -0.15) is 0 Å². The third kappa shape index (κ3) is 3.18. The second kappa shape index (κ2) is 6.33. The fraction of sp³-hybridized carbons (Fsp3) is 0.357. The van der Waals surface area contributed by atoms with Crippen molar-refractivity contribution in [2.24, 2.45) is 0 Å². The minimum Gasteiger partial charge on any atom is -0.383 e. The molecule has 4 heteroatoms. The van der Waals surface area contributed by atoms with Crippen molar-refractivity contribution in [3.63, 3.8) is 0 Å². The number of aromatic amines is 1. The Balaban J connectivity index is 2.00. The molecule has 0 unspecified atom stereocenters. The number of benzene rings is 1. The summed E-state index contributed by atoms with van der Waals surface area (Å²) in [6.45, 7) is 4.38. The molecule has 0 aliphatic carbocycles. The number of rotatable bonds is 6. The molecule has 0 radical (unpaired) electrons. The Labute approximate surface area is 107 Å². The average molecular weight is 245 g/mol. The number of H-pyrrole nitrogens is 1. The van der Waals surface area contributed by atoms with Gasteiger partial charge in [0.15, 0.2) is 0 Å². The van der Waals surface area contributed by atoms with Crippen LogP contribution in [-0.2, 0) is 11.3 Å². The average Bonchev–Trinajstić information content (AvgIpc) is 2.84. The van der Waals surface area contributed by atoms with Crippen molar-refractivity contribution in [3.05, 3.63) is 41.9 Å². The van der Waals surface area contributed by atoms with Crippen LogP contribution in [0.3, 0.4) is 0 Å². The highest BCUT2D eigenvalue weighted by Gasteiger charge is 2.04. The molecule has 2 aromatic rings. The first-order chi connectivity index (χ1) is 8.81. The quantitative estimate of drug-likeness (QED) is 0.766. The maximum absolute atomic E-state index is 4.98. The molecule has 1 aromatic carbocycles. The molecule has 1 heterocycles. The largest absolute Gasteiger partial charge is 0.383 e. The summed E-state index contributed by atoms with van der Waals surface area (Å²) in [5.41, 5.74) is 3.52. The second-order valence-electron chi connectivity index (χ2n) is 4.23. The van der Waals surface area contributed by atoms with Gasteiger partial charge in [-0.05, 0) is 12.5 Å². The van der Waals surface area contributed by atoms with E-state index in [9.17, 15) is 0 Å². The summed E-state index contributed by atoms with van der Waals surface area (Å²) >= 11 is 0. The fourth-order valence-corrected chi connectivity index (χ4v) is 1.85. The number of nitrogens with zero attached hydrogens (tertiary/aromatic N) is 1. The first kappa shape index (κ1) is 12.8. The van der Waals surface area contributed by atoms with E-state index in [-0.39, 0.29) is 0 Å². The highest BCUT2D eigenvalue weighted by molar-refractivity contribution is 5.62. The first-order valence-corrected chi connectivity index (χ1v) is 6.11. The molecule has 4 nitrogen and oxygen atoms in total. The molecule has 2 N–H and O–H groups in total. The maximum Gasteiger partial charge on any atom is 0.120 e. The number of ether oxygens (including phenoxy) is 1. The molecule has 1 aromatic heterocycles. The predicted molar refractivity (Wildman–Crippen MR) is 72.3 cm³/mol. The zero-order chi connectivity index (χ0) is 12.8. The van der Waals surface area contributed by atoms with Crippen LogP contribution in [-0.4, -0.2) is 30.2 Å². The van der Waals surface area contributed by atoms with E-state index in [0.29, 0.717) is 6.61 Å². The monoisotopic (exact) mass is 245 g/mol. The van der Waals surface area contributed by atoms with Gasteiger partial charge in [0.1, 0.15) is 5.82 Å². The standard InChI is InChI=1S/C14H19N3O/c1-11-5-3-4-6-12(11)13-9-16-14(17-13)10-15-7-8-18-2/h3-6,9,15H,7-8,10H2,1-2H3,(H,16,17). The van der Waals surface area contributed by atoms with Crippen LogP contribution in [0.15, 0.2) is 30.5 Å². The molecule has 96 valence electrons. The number of imidazole rings is 1. The lowest BCUT2D eigenvalue weighted by Crippen LogP contribution is -2.19. The number of hydrogen-bond acceptors (Lipinski definition) is 3. The minimum absolute atomic E-state index is 0.714. The van der Waals surface area contributed by atoms with E-state index in [2.05, 4.69) is 34.3 Å². The number of aryl methyl sites for hydroxylation is 1. The molecule has 0 saturated heterocycles. The zero-order valence-electron chi connectivity index (χ0n) is 10.9. The molecular formula is C14H19N3O. The Bertz CT molecular complexity index is 493. The molecule has 18 heavy (non-hydrogen) atoms. The zero-order valence-corrected chi connectivity index (χ0v) is 10.9.